The molecule has 2 fully saturated rings. The van der Waals surface area contributed by atoms with Crippen LogP contribution in [0, 0.1) is 0 Å². The predicted octanol–water partition coefficient (Wildman–Crippen LogP) is 12.5. The van der Waals surface area contributed by atoms with Gasteiger partial charge in [0.1, 0.15) is 13.1 Å². The van der Waals surface area contributed by atoms with E-state index in [2.05, 4.69) is 15.3 Å². The minimum absolute atomic E-state index is 0.00665. The molecule has 1 aliphatic carbocycles. The van der Waals surface area contributed by atoms with Crippen LogP contribution in [0.2, 0.25) is 0 Å². The summed E-state index contributed by atoms with van der Waals surface area (Å²) >= 11 is 0. The lowest BCUT2D eigenvalue weighted by Crippen LogP contribution is -2.65. The Labute approximate surface area is 476 Å². The molecule has 456 valence electrons. The number of carbonyl (C=O) groups is 4. The van der Waals surface area contributed by atoms with Gasteiger partial charge in [0.15, 0.2) is 0 Å². The van der Waals surface area contributed by atoms with E-state index in [0.29, 0.717) is 62.8 Å². The Morgan fingerprint density at radius 1 is 0.536 bits per heavy atom. The van der Waals surface area contributed by atoms with Gasteiger partial charge in [-0.2, -0.15) is 52.7 Å². The molecule has 3 heterocycles. The third-order valence-corrected chi connectivity index (χ3v) is 15.9. The van der Waals surface area contributed by atoms with Crippen LogP contribution >= 0.6 is 0 Å². The number of benzene rings is 4. The molecule has 4 aromatic carbocycles. The summed E-state index contributed by atoms with van der Waals surface area (Å²) < 4.78 is 184. The van der Waals surface area contributed by atoms with Crippen LogP contribution in [0.25, 0.3) is 0 Å². The molecule has 1 saturated carbocycles. The van der Waals surface area contributed by atoms with E-state index in [1.54, 1.807) is 32.0 Å². The third kappa shape index (κ3) is 15.1. The van der Waals surface area contributed by atoms with E-state index in [4.69, 9.17) is 18.9 Å². The molecular weight excluding hydrogens is 1130 g/mol. The number of aliphatic imine (C=N–C) groups is 2. The Morgan fingerprint density at radius 2 is 0.917 bits per heavy atom. The minimum atomic E-state index is -4.98. The fraction of sp³-hybridized carbons (Fsp3) is 0.492. The number of carbonyl (C=O) groups excluding carboxylic acids is 4. The Morgan fingerprint density at radius 3 is 1.29 bits per heavy atom. The van der Waals surface area contributed by atoms with Gasteiger partial charge in [-0.15, -0.1) is 0 Å². The number of nitrogens with one attached hydrogen (secondary N) is 1. The van der Waals surface area contributed by atoms with E-state index in [0.717, 1.165) is 11.1 Å². The third-order valence-electron chi connectivity index (χ3n) is 15.9. The molecule has 84 heavy (non-hydrogen) atoms. The average Bonchev–Trinajstić information content (AvgIpc) is 1.82. The number of amides is 2. The first-order valence-corrected chi connectivity index (χ1v) is 27.0. The van der Waals surface area contributed by atoms with Crippen molar-refractivity contribution in [2.75, 3.05) is 46.1 Å². The maximum Gasteiger partial charge on any atom is 0.416 e. The lowest BCUT2D eigenvalue weighted by molar-refractivity contribution is -0.150. The first kappa shape index (κ1) is 64.7. The van der Waals surface area contributed by atoms with Crippen LogP contribution in [-0.4, -0.2) is 103 Å². The van der Waals surface area contributed by atoms with E-state index < -0.39 is 93.1 Å². The summed E-state index contributed by atoms with van der Waals surface area (Å²) in [5.74, 6) is -1.45. The molecule has 0 bridgehead atoms. The molecule has 0 unspecified atom stereocenters. The summed E-state index contributed by atoms with van der Waals surface area (Å²) in [6.07, 6.45) is -17.2. The van der Waals surface area contributed by atoms with Crippen molar-refractivity contribution in [2.24, 2.45) is 9.98 Å². The van der Waals surface area contributed by atoms with Gasteiger partial charge in [0.05, 0.1) is 103 Å². The van der Waals surface area contributed by atoms with Crippen LogP contribution in [0.4, 0.5) is 52.7 Å². The van der Waals surface area contributed by atoms with Gasteiger partial charge in [0.25, 0.3) is 0 Å². The maximum absolute atomic E-state index is 13.4. The monoisotopic (exact) mass is 1200 g/mol. The van der Waals surface area contributed by atoms with Crippen molar-refractivity contribution >= 4 is 36.4 Å². The van der Waals surface area contributed by atoms with Crippen molar-refractivity contribution in [2.45, 2.75) is 138 Å². The number of hydrogen-bond acceptors (Lipinski definition) is 11. The number of halogens is 12. The zero-order valence-electron chi connectivity index (χ0n) is 46.2. The zero-order chi connectivity index (χ0) is 61.5. The zero-order valence-corrected chi connectivity index (χ0v) is 46.2. The van der Waals surface area contributed by atoms with E-state index in [9.17, 15) is 71.9 Å². The van der Waals surface area contributed by atoms with Gasteiger partial charge in [-0.05, 0) is 125 Å². The van der Waals surface area contributed by atoms with Crippen LogP contribution in [0.15, 0.2) is 107 Å². The molecular formula is C59H63F12N5O8. The quantitative estimate of drug-likeness (QED) is 0.0759. The molecule has 0 radical (unpaired) electrons. The highest BCUT2D eigenvalue weighted by Crippen LogP contribution is 2.49. The van der Waals surface area contributed by atoms with E-state index >= 15 is 0 Å². The molecule has 4 atom stereocenters. The van der Waals surface area contributed by atoms with Crippen molar-refractivity contribution in [1.29, 1.82) is 0 Å². The number of nitrogens with zero attached hydrogens (tertiary/aromatic N) is 4. The van der Waals surface area contributed by atoms with Gasteiger partial charge in [0.2, 0.25) is 11.8 Å². The molecule has 0 spiro atoms. The topological polar surface area (TPSA) is 148 Å². The Balaban J connectivity index is 0.000000241. The highest BCUT2D eigenvalue weighted by Gasteiger charge is 2.52. The highest BCUT2D eigenvalue weighted by molar-refractivity contribution is 5.96. The molecule has 1 N–H and O–H groups in total. The van der Waals surface area contributed by atoms with Crippen molar-refractivity contribution in [3.63, 3.8) is 0 Å². The number of piperidine rings is 1. The largest absolute Gasteiger partial charge is 0.466 e. The molecule has 2 amide bonds. The van der Waals surface area contributed by atoms with Crippen molar-refractivity contribution in [3.8, 4) is 0 Å². The second-order valence-corrected chi connectivity index (χ2v) is 21.4. The van der Waals surface area contributed by atoms with Crippen LogP contribution < -0.4 is 5.32 Å². The maximum atomic E-state index is 13.4. The second kappa shape index (κ2) is 25.8. The predicted molar refractivity (Wildman–Crippen MR) is 282 cm³/mol. The summed E-state index contributed by atoms with van der Waals surface area (Å²) in [7, 11) is 0. The molecule has 3 aliphatic heterocycles. The van der Waals surface area contributed by atoms with Crippen LogP contribution in [-0.2, 0) is 73.8 Å². The summed E-state index contributed by atoms with van der Waals surface area (Å²) in [5, 5.41) is 3.41. The first-order valence-electron chi connectivity index (χ1n) is 27.0. The normalized spacial score (nSPS) is 23.7. The molecule has 0 aromatic heterocycles. The lowest BCUT2D eigenvalue weighted by atomic mass is 9.63. The Bertz CT molecular complexity index is 2740. The van der Waals surface area contributed by atoms with Gasteiger partial charge < -0.3 is 24.3 Å². The van der Waals surface area contributed by atoms with E-state index in [-0.39, 0.29) is 94.0 Å². The van der Waals surface area contributed by atoms with Crippen molar-refractivity contribution in [1.82, 2.24) is 15.1 Å². The number of ether oxygens (including phenoxy) is 4. The van der Waals surface area contributed by atoms with E-state index in [1.165, 1.54) is 36.3 Å². The van der Waals surface area contributed by atoms with Crippen LogP contribution in [0.1, 0.15) is 136 Å². The summed E-state index contributed by atoms with van der Waals surface area (Å²) in [5.41, 5.74) is -7.99. The summed E-state index contributed by atoms with van der Waals surface area (Å²) in [4.78, 5) is 61.5. The number of rotatable bonds is 18. The summed E-state index contributed by atoms with van der Waals surface area (Å²) in [6, 6.07) is 21.2. The highest BCUT2D eigenvalue weighted by atomic mass is 19.4. The fourth-order valence-electron chi connectivity index (χ4n) is 11.2. The van der Waals surface area contributed by atoms with Crippen LogP contribution in [0.3, 0.4) is 0 Å². The number of esters is 2. The standard InChI is InChI=1S/C30H32F6N2O4.C29H31F6N3O4/c1-3-41-26(40)16-28(38-19-37-17-25(38)39)11-9-27(10-12-28,22-7-5-4-6-8-22)18-42-20(2)21-13-23(29(31,32)33)15-24(14-21)30(34,35)36;1-3-41-25(40)14-26(38-18-36-15-24(38)39)9-10-27(37-16-26,21-7-5-4-6-8-21)17-42-19(2)20-11-22(28(30,31)32)13-23(12-20)29(33,34)35/h4-8,13-15,19-20H,3,9-12,16-18H2,1-2H3;4-8,11-13,18-19,37H,3,9-10,14-17H2,1-2H3/t20-,27?,28?;19-,26-,27-/m11/s1. The van der Waals surface area contributed by atoms with Gasteiger partial charge in [-0.1, -0.05) is 60.7 Å². The van der Waals surface area contributed by atoms with Crippen molar-refractivity contribution in [3.05, 3.63) is 142 Å². The smallest absolute Gasteiger partial charge is 0.416 e. The van der Waals surface area contributed by atoms with Crippen LogP contribution in [0.5, 0.6) is 0 Å². The Hall–Kier alpha value is -6.86. The summed E-state index contributed by atoms with van der Waals surface area (Å²) in [6.45, 7) is 6.44. The molecule has 4 aromatic rings. The van der Waals surface area contributed by atoms with Gasteiger partial charge in [0, 0.05) is 12.0 Å². The molecule has 25 heteroatoms. The fourth-order valence-corrected chi connectivity index (χ4v) is 11.2. The average molecular weight is 1200 g/mol. The second-order valence-electron chi connectivity index (χ2n) is 21.4. The molecule has 4 aliphatic rings. The SMILES string of the molecule is CCOC(=O)CC1(N2C=NCC2=O)CCC(CO[C@H](C)c2cc(C(F)(F)F)cc(C(F)(F)F)c2)(c2ccccc2)CC1.CCOC(=O)C[C@]1(N2C=NCC2=O)CC[C@@](CO[C@H](C)c2cc(C(F)(F)F)cc(C(F)(F)F)c2)(c2ccccc2)NC1. The number of alkyl halides is 12. The Kier molecular flexibility index (Phi) is 19.9. The number of hydrogen-bond donors (Lipinski definition) is 1. The van der Waals surface area contributed by atoms with E-state index in [1.807, 2.05) is 42.5 Å². The minimum Gasteiger partial charge on any atom is -0.466 e. The first-order chi connectivity index (χ1) is 39.4. The van der Waals surface area contributed by atoms with Gasteiger partial charge in [-0.3, -0.25) is 39.0 Å². The molecule has 13 nitrogen and oxygen atoms in total. The molecule has 8 rings (SSSR count). The van der Waals surface area contributed by atoms with Gasteiger partial charge in [-0.25, -0.2) is 0 Å². The molecule has 1 saturated heterocycles. The van der Waals surface area contributed by atoms with Gasteiger partial charge >= 0.3 is 36.6 Å². The lowest BCUT2D eigenvalue weighted by Gasteiger charge is -2.50. The van der Waals surface area contributed by atoms with Crippen molar-refractivity contribution < 1.29 is 90.8 Å².